The third-order valence-electron chi connectivity index (χ3n) is 6.47. The van der Waals surface area contributed by atoms with Crippen LogP contribution in [0.3, 0.4) is 0 Å². The standard InChI is InChI=1S/C27H33Cl2N3O3/c1-21-30-12-16-32(21)14-3-17-34-23-6-4-22(5-7-23)19-31-13-2-10-27(33,11-15-31)20-35-24-8-9-25(28)26(29)18-24/h4-9,12,16,18,33H,2-3,10-11,13-15,17,19-20H2,1H3. The number of aryl methyl sites for hydroxylation is 2. The normalized spacial score (nSPS) is 18.9. The average Bonchev–Trinajstić information content (AvgIpc) is 3.17. The van der Waals surface area contributed by atoms with Crippen molar-refractivity contribution < 1.29 is 14.6 Å². The van der Waals surface area contributed by atoms with Crippen LogP contribution in [0.1, 0.15) is 37.1 Å². The number of aliphatic hydroxyl groups is 1. The fourth-order valence-electron chi connectivity index (χ4n) is 4.34. The first-order valence-electron chi connectivity index (χ1n) is 12.1. The van der Waals surface area contributed by atoms with Crippen LogP contribution in [0.15, 0.2) is 54.9 Å². The van der Waals surface area contributed by atoms with Gasteiger partial charge in [0.1, 0.15) is 23.9 Å². The summed E-state index contributed by atoms with van der Waals surface area (Å²) in [5.74, 6) is 2.54. The third kappa shape index (κ3) is 7.61. The van der Waals surface area contributed by atoms with Gasteiger partial charge in [-0.15, -0.1) is 0 Å². The first-order valence-corrected chi connectivity index (χ1v) is 12.9. The molecule has 1 aliphatic rings. The summed E-state index contributed by atoms with van der Waals surface area (Å²) >= 11 is 12.0. The molecule has 3 aromatic rings. The molecule has 6 nitrogen and oxygen atoms in total. The van der Waals surface area contributed by atoms with Gasteiger partial charge in [0, 0.05) is 38.1 Å². The van der Waals surface area contributed by atoms with E-state index in [0.29, 0.717) is 35.2 Å². The lowest BCUT2D eigenvalue weighted by molar-refractivity contribution is -0.0168. The van der Waals surface area contributed by atoms with E-state index in [-0.39, 0.29) is 6.61 Å². The molecule has 4 rings (SSSR count). The molecule has 188 valence electrons. The summed E-state index contributed by atoms with van der Waals surface area (Å²) in [4.78, 5) is 6.63. The van der Waals surface area contributed by atoms with Crippen molar-refractivity contribution in [2.75, 3.05) is 26.3 Å². The summed E-state index contributed by atoms with van der Waals surface area (Å²) in [6, 6.07) is 13.5. The third-order valence-corrected chi connectivity index (χ3v) is 7.21. The highest BCUT2D eigenvalue weighted by Gasteiger charge is 2.31. The Morgan fingerprint density at radius 3 is 2.54 bits per heavy atom. The molecule has 1 N–H and O–H groups in total. The maximum Gasteiger partial charge on any atom is 0.121 e. The second-order valence-electron chi connectivity index (χ2n) is 9.23. The van der Waals surface area contributed by atoms with Crippen LogP contribution in [0.5, 0.6) is 11.5 Å². The fraction of sp³-hybridized carbons (Fsp3) is 0.444. The zero-order valence-corrected chi connectivity index (χ0v) is 21.6. The van der Waals surface area contributed by atoms with Crippen molar-refractivity contribution in [3.63, 3.8) is 0 Å². The van der Waals surface area contributed by atoms with Gasteiger partial charge >= 0.3 is 0 Å². The van der Waals surface area contributed by atoms with Crippen molar-refractivity contribution in [3.05, 3.63) is 76.3 Å². The number of ether oxygens (including phenoxy) is 2. The van der Waals surface area contributed by atoms with E-state index in [1.807, 2.05) is 31.5 Å². The Kier molecular flexibility index (Phi) is 8.95. The maximum atomic E-state index is 11.1. The highest BCUT2D eigenvalue weighted by molar-refractivity contribution is 6.42. The fourth-order valence-corrected chi connectivity index (χ4v) is 4.62. The van der Waals surface area contributed by atoms with E-state index in [0.717, 1.165) is 50.6 Å². The summed E-state index contributed by atoms with van der Waals surface area (Å²) in [7, 11) is 0. The van der Waals surface area contributed by atoms with E-state index in [2.05, 4.69) is 26.6 Å². The molecule has 0 saturated carbocycles. The van der Waals surface area contributed by atoms with Gasteiger partial charge in [-0.3, -0.25) is 4.90 Å². The summed E-state index contributed by atoms with van der Waals surface area (Å²) < 4.78 is 13.9. The summed E-state index contributed by atoms with van der Waals surface area (Å²) in [5, 5.41) is 12.0. The van der Waals surface area contributed by atoms with Crippen LogP contribution >= 0.6 is 23.2 Å². The lowest BCUT2D eigenvalue weighted by atomic mass is 9.96. The first kappa shape index (κ1) is 25.8. The lowest BCUT2D eigenvalue weighted by Gasteiger charge is -2.27. The van der Waals surface area contributed by atoms with Gasteiger partial charge in [0.25, 0.3) is 0 Å². The van der Waals surface area contributed by atoms with Gasteiger partial charge in [0.05, 0.1) is 22.3 Å². The Bertz CT molecular complexity index is 1090. The molecule has 2 heterocycles. The van der Waals surface area contributed by atoms with E-state index in [9.17, 15) is 5.11 Å². The molecule has 1 unspecified atom stereocenters. The van der Waals surface area contributed by atoms with Gasteiger partial charge in [0.2, 0.25) is 0 Å². The molecule has 1 aliphatic heterocycles. The van der Waals surface area contributed by atoms with Crippen molar-refractivity contribution in [1.29, 1.82) is 0 Å². The molecule has 35 heavy (non-hydrogen) atoms. The number of nitrogens with zero attached hydrogens (tertiary/aromatic N) is 3. The number of likely N-dealkylation sites (tertiary alicyclic amines) is 1. The molecule has 8 heteroatoms. The largest absolute Gasteiger partial charge is 0.494 e. The topological polar surface area (TPSA) is 59.8 Å². The van der Waals surface area contributed by atoms with E-state index in [1.165, 1.54) is 5.56 Å². The SMILES string of the molecule is Cc1nccn1CCCOc1ccc(CN2CCCC(O)(COc3ccc(Cl)c(Cl)c3)CC2)cc1. The van der Waals surface area contributed by atoms with E-state index in [1.54, 1.807) is 18.2 Å². The molecule has 1 aromatic heterocycles. The van der Waals surface area contributed by atoms with Crippen molar-refractivity contribution in [3.8, 4) is 11.5 Å². The molecule has 2 aromatic carbocycles. The van der Waals surface area contributed by atoms with Crippen molar-refractivity contribution in [2.24, 2.45) is 0 Å². The Morgan fingerprint density at radius 2 is 1.80 bits per heavy atom. The zero-order valence-electron chi connectivity index (χ0n) is 20.1. The quantitative estimate of drug-likeness (QED) is 0.346. The van der Waals surface area contributed by atoms with Gasteiger partial charge in [-0.05, 0) is 69.0 Å². The number of hydrogen-bond donors (Lipinski definition) is 1. The predicted molar refractivity (Wildman–Crippen MR) is 140 cm³/mol. The summed E-state index contributed by atoms with van der Waals surface area (Å²) in [6.45, 7) is 6.44. The second kappa shape index (κ2) is 12.1. The molecule has 0 bridgehead atoms. The highest BCUT2D eigenvalue weighted by atomic mass is 35.5. The van der Waals surface area contributed by atoms with Gasteiger partial charge in [-0.25, -0.2) is 4.98 Å². The molecule has 1 atom stereocenters. The number of aromatic nitrogens is 2. The monoisotopic (exact) mass is 517 g/mol. The average molecular weight is 518 g/mol. The van der Waals surface area contributed by atoms with Crippen LogP contribution in [0.2, 0.25) is 10.0 Å². The lowest BCUT2D eigenvalue weighted by Crippen LogP contribution is -2.37. The molecule has 1 fully saturated rings. The Balaban J connectivity index is 1.20. The highest BCUT2D eigenvalue weighted by Crippen LogP contribution is 2.29. The number of benzene rings is 2. The van der Waals surface area contributed by atoms with Crippen molar-refractivity contribution in [1.82, 2.24) is 14.5 Å². The molecule has 0 radical (unpaired) electrons. The smallest absolute Gasteiger partial charge is 0.121 e. The number of rotatable bonds is 10. The van der Waals surface area contributed by atoms with Gasteiger partial charge in [-0.1, -0.05) is 35.3 Å². The summed E-state index contributed by atoms with van der Waals surface area (Å²) in [6.07, 6.45) is 7.03. The van der Waals surface area contributed by atoms with Gasteiger partial charge < -0.3 is 19.1 Å². The van der Waals surface area contributed by atoms with Crippen molar-refractivity contribution in [2.45, 2.75) is 51.3 Å². The molecular weight excluding hydrogens is 485 g/mol. The minimum absolute atomic E-state index is 0.241. The Labute approximate surface area is 217 Å². The minimum atomic E-state index is -0.853. The molecular formula is C27H33Cl2N3O3. The Hall–Kier alpha value is -2.25. The van der Waals surface area contributed by atoms with Gasteiger partial charge in [0.15, 0.2) is 0 Å². The van der Waals surface area contributed by atoms with Crippen LogP contribution in [-0.2, 0) is 13.1 Å². The van der Waals surface area contributed by atoms with Crippen LogP contribution in [0.25, 0.3) is 0 Å². The second-order valence-corrected chi connectivity index (χ2v) is 10.0. The van der Waals surface area contributed by atoms with Crippen LogP contribution in [-0.4, -0.2) is 51.5 Å². The first-order chi connectivity index (χ1) is 16.9. The number of halogens is 2. The van der Waals surface area contributed by atoms with Crippen molar-refractivity contribution >= 4 is 23.2 Å². The predicted octanol–water partition coefficient (Wildman–Crippen LogP) is 5.76. The van der Waals surface area contributed by atoms with E-state index >= 15 is 0 Å². The number of hydrogen-bond acceptors (Lipinski definition) is 5. The Morgan fingerprint density at radius 1 is 1.00 bits per heavy atom. The van der Waals surface area contributed by atoms with E-state index < -0.39 is 5.60 Å². The maximum absolute atomic E-state index is 11.1. The molecule has 0 amide bonds. The van der Waals surface area contributed by atoms with Crippen LogP contribution in [0, 0.1) is 6.92 Å². The summed E-state index contributed by atoms with van der Waals surface area (Å²) in [5.41, 5.74) is 0.386. The van der Waals surface area contributed by atoms with Crippen LogP contribution in [0.4, 0.5) is 0 Å². The van der Waals surface area contributed by atoms with E-state index in [4.69, 9.17) is 32.7 Å². The minimum Gasteiger partial charge on any atom is -0.494 e. The zero-order chi connectivity index (χ0) is 24.7. The van der Waals surface area contributed by atoms with Gasteiger partial charge in [-0.2, -0.15) is 0 Å². The van der Waals surface area contributed by atoms with Crippen LogP contribution < -0.4 is 9.47 Å². The molecule has 0 spiro atoms. The molecule has 1 saturated heterocycles. The number of imidazole rings is 1. The molecule has 0 aliphatic carbocycles.